The van der Waals surface area contributed by atoms with Crippen LogP contribution < -0.4 is 4.90 Å². The molecule has 0 saturated heterocycles. The van der Waals surface area contributed by atoms with Crippen molar-refractivity contribution < 1.29 is 0 Å². The Balaban J connectivity index is 1.10. The summed E-state index contributed by atoms with van der Waals surface area (Å²) < 4.78 is 0. The zero-order chi connectivity index (χ0) is 44.0. The molecule has 3 aliphatic carbocycles. The van der Waals surface area contributed by atoms with Crippen LogP contribution in [0.4, 0.5) is 17.1 Å². The SMILES string of the molecule is CC1(C)c2ccccc2C2(c3ccccc3-c3ccccc32)c2ccc(N(c3ccc(-c4ccccc4)cc3)c3cccc4c3-c3ccccc3C4(c3ccccc3)c3ccccc3)cc21. The van der Waals surface area contributed by atoms with Crippen LogP contribution >= 0.6 is 0 Å². The summed E-state index contributed by atoms with van der Waals surface area (Å²) in [6.07, 6.45) is 0. The minimum atomic E-state index is -0.523. The Morgan fingerprint density at radius 1 is 0.288 bits per heavy atom. The van der Waals surface area contributed by atoms with Gasteiger partial charge < -0.3 is 4.90 Å². The molecule has 0 amide bonds. The van der Waals surface area contributed by atoms with Crippen molar-refractivity contribution in [1.82, 2.24) is 0 Å². The highest BCUT2D eigenvalue weighted by Crippen LogP contribution is 2.64. The monoisotopic (exact) mass is 841 g/mol. The summed E-state index contributed by atoms with van der Waals surface area (Å²) in [5.74, 6) is 0. The molecule has 0 aliphatic heterocycles. The molecule has 10 aromatic rings. The number of hydrogen-bond acceptors (Lipinski definition) is 1. The largest absolute Gasteiger partial charge is 0.310 e. The topological polar surface area (TPSA) is 3.24 Å². The van der Waals surface area contributed by atoms with Crippen molar-refractivity contribution in [2.24, 2.45) is 0 Å². The lowest BCUT2D eigenvalue weighted by atomic mass is 9.55. The van der Waals surface area contributed by atoms with Crippen LogP contribution in [0.15, 0.2) is 249 Å². The van der Waals surface area contributed by atoms with E-state index < -0.39 is 10.8 Å². The van der Waals surface area contributed by atoms with Crippen LogP contribution in [0.25, 0.3) is 33.4 Å². The molecule has 13 rings (SSSR count). The van der Waals surface area contributed by atoms with Crippen LogP contribution in [-0.2, 0) is 16.2 Å². The van der Waals surface area contributed by atoms with Crippen molar-refractivity contribution in [3.63, 3.8) is 0 Å². The van der Waals surface area contributed by atoms with Gasteiger partial charge in [-0.3, -0.25) is 0 Å². The molecule has 1 nitrogen and oxygen atoms in total. The van der Waals surface area contributed by atoms with Crippen molar-refractivity contribution in [3.05, 3.63) is 304 Å². The van der Waals surface area contributed by atoms with Crippen molar-refractivity contribution in [2.75, 3.05) is 4.90 Å². The number of hydrogen-bond donors (Lipinski definition) is 0. The third-order valence-electron chi connectivity index (χ3n) is 15.2. The van der Waals surface area contributed by atoms with E-state index in [1.165, 1.54) is 89.0 Å². The van der Waals surface area contributed by atoms with Gasteiger partial charge in [0.15, 0.2) is 0 Å². The van der Waals surface area contributed by atoms with E-state index in [0.29, 0.717) is 0 Å². The normalized spacial score (nSPS) is 14.9. The van der Waals surface area contributed by atoms with Crippen LogP contribution in [0.1, 0.15) is 69.5 Å². The molecule has 0 fully saturated rings. The van der Waals surface area contributed by atoms with Crippen LogP contribution in [0, 0.1) is 0 Å². The van der Waals surface area contributed by atoms with E-state index in [4.69, 9.17) is 0 Å². The zero-order valence-corrected chi connectivity index (χ0v) is 37.1. The molecule has 10 aromatic carbocycles. The lowest BCUT2D eigenvalue weighted by molar-refractivity contribution is 0.563. The Hall–Kier alpha value is -8.00. The molecule has 0 aromatic heterocycles. The highest BCUT2D eigenvalue weighted by atomic mass is 15.1. The van der Waals surface area contributed by atoms with Crippen LogP contribution in [0.3, 0.4) is 0 Å². The molecule has 312 valence electrons. The maximum absolute atomic E-state index is 2.54. The summed E-state index contributed by atoms with van der Waals surface area (Å²) in [5.41, 5.74) is 22.9. The Labute approximate surface area is 388 Å². The van der Waals surface area contributed by atoms with Gasteiger partial charge in [-0.15, -0.1) is 0 Å². The van der Waals surface area contributed by atoms with Crippen LogP contribution in [0.2, 0.25) is 0 Å². The molecule has 66 heavy (non-hydrogen) atoms. The fourth-order valence-corrected chi connectivity index (χ4v) is 12.5. The van der Waals surface area contributed by atoms with Gasteiger partial charge in [-0.2, -0.15) is 0 Å². The summed E-state index contributed by atoms with van der Waals surface area (Å²) in [6.45, 7) is 4.86. The minimum absolute atomic E-state index is 0.302. The maximum Gasteiger partial charge on any atom is 0.0719 e. The van der Waals surface area contributed by atoms with Gasteiger partial charge in [0.2, 0.25) is 0 Å². The molecule has 0 N–H and O–H groups in total. The van der Waals surface area contributed by atoms with Gasteiger partial charge in [0.1, 0.15) is 0 Å². The zero-order valence-electron chi connectivity index (χ0n) is 37.1. The molecular weight excluding hydrogens is 795 g/mol. The fourth-order valence-electron chi connectivity index (χ4n) is 12.5. The summed E-state index contributed by atoms with van der Waals surface area (Å²) in [5, 5.41) is 0. The average Bonchev–Trinajstić information content (AvgIpc) is 3.86. The molecule has 0 bridgehead atoms. The molecule has 3 aliphatic rings. The first-order chi connectivity index (χ1) is 32.5. The second-order valence-corrected chi connectivity index (χ2v) is 18.7. The van der Waals surface area contributed by atoms with E-state index in [0.717, 1.165) is 17.1 Å². The Morgan fingerprint density at radius 3 is 1.33 bits per heavy atom. The van der Waals surface area contributed by atoms with Crippen LogP contribution in [0.5, 0.6) is 0 Å². The molecule has 1 heteroatoms. The quantitative estimate of drug-likeness (QED) is 0.161. The van der Waals surface area contributed by atoms with E-state index in [2.05, 4.69) is 267 Å². The Morgan fingerprint density at radius 2 is 0.727 bits per heavy atom. The molecule has 0 unspecified atom stereocenters. The van der Waals surface area contributed by atoms with Crippen molar-refractivity contribution in [1.29, 1.82) is 0 Å². The molecule has 0 saturated carbocycles. The number of rotatable bonds is 6. The lowest BCUT2D eigenvalue weighted by Gasteiger charge is -2.47. The smallest absolute Gasteiger partial charge is 0.0719 e. The number of fused-ring (bicyclic) bond motifs is 12. The minimum Gasteiger partial charge on any atom is -0.310 e. The van der Waals surface area contributed by atoms with E-state index in [-0.39, 0.29) is 5.41 Å². The van der Waals surface area contributed by atoms with Gasteiger partial charge >= 0.3 is 0 Å². The second-order valence-electron chi connectivity index (χ2n) is 18.7. The van der Waals surface area contributed by atoms with Gasteiger partial charge in [0.25, 0.3) is 0 Å². The Bertz CT molecular complexity index is 3410. The fraction of sp³-hybridized carbons (Fsp3) is 0.0769. The first-order valence-electron chi connectivity index (χ1n) is 23.3. The van der Waals surface area contributed by atoms with Gasteiger partial charge in [-0.25, -0.2) is 0 Å². The third-order valence-corrected chi connectivity index (χ3v) is 15.2. The van der Waals surface area contributed by atoms with E-state index in [9.17, 15) is 0 Å². The number of anilines is 3. The van der Waals surface area contributed by atoms with Gasteiger partial charge in [0, 0.05) is 22.4 Å². The molecule has 0 atom stereocenters. The van der Waals surface area contributed by atoms with Crippen molar-refractivity contribution in [3.8, 4) is 33.4 Å². The lowest BCUT2D eigenvalue weighted by Crippen LogP contribution is -2.40. The molecule has 0 radical (unpaired) electrons. The molecule has 1 spiro atoms. The summed E-state index contributed by atoms with van der Waals surface area (Å²) >= 11 is 0. The highest BCUT2D eigenvalue weighted by molar-refractivity contribution is 5.98. The molecule has 0 heterocycles. The second kappa shape index (κ2) is 14.5. The third kappa shape index (κ3) is 5.17. The van der Waals surface area contributed by atoms with E-state index >= 15 is 0 Å². The van der Waals surface area contributed by atoms with E-state index in [1.807, 2.05) is 0 Å². The standard InChI is InChI=1S/C65H47N/c1-63(2)56-33-18-19-34-57(56)65(53-30-15-12-27-50(53)51-28-13-16-31-54(51)65)58-42-41-49(43-60(58)63)66(48-39-37-45(38-40-48)44-21-6-3-7-22-44)61-36-20-35-59-62(61)52-29-14-17-32-55(52)64(59,46-23-8-4-9-24-46)47-25-10-5-11-26-47/h3-43H,1-2H3. The predicted octanol–water partition coefficient (Wildman–Crippen LogP) is 16.2. The summed E-state index contributed by atoms with van der Waals surface area (Å²) in [7, 11) is 0. The first-order valence-corrected chi connectivity index (χ1v) is 23.3. The summed E-state index contributed by atoms with van der Waals surface area (Å²) in [6, 6.07) is 93.1. The first kappa shape index (κ1) is 38.5. The predicted molar refractivity (Wildman–Crippen MR) is 273 cm³/mol. The number of benzene rings is 10. The number of nitrogens with zero attached hydrogens (tertiary/aromatic N) is 1. The molecular formula is C65H47N. The van der Waals surface area contributed by atoms with E-state index in [1.54, 1.807) is 0 Å². The van der Waals surface area contributed by atoms with Crippen molar-refractivity contribution >= 4 is 17.1 Å². The Kier molecular flexibility index (Phi) is 8.45. The van der Waals surface area contributed by atoms with Crippen molar-refractivity contribution in [2.45, 2.75) is 30.1 Å². The van der Waals surface area contributed by atoms with Gasteiger partial charge in [-0.1, -0.05) is 232 Å². The maximum atomic E-state index is 2.54. The van der Waals surface area contributed by atoms with Crippen LogP contribution in [-0.4, -0.2) is 0 Å². The highest BCUT2D eigenvalue weighted by Gasteiger charge is 2.53. The van der Waals surface area contributed by atoms with Gasteiger partial charge in [0.05, 0.1) is 16.5 Å². The van der Waals surface area contributed by atoms with Gasteiger partial charge in [-0.05, 0) is 114 Å². The average molecular weight is 842 g/mol. The summed E-state index contributed by atoms with van der Waals surface area (Å²) in [4.78, 5) is 2.54.